The van der Waals surface area contributed by atoms with Crippen molar-refractivity contribution < 1.29 is 29.2 Å². The van der Waals surface area contributed by atoms with E-state index in [2.05, 4.69) is 25.6 Å². The molecule has 12 heteroatoms. The molecule has 0 aliphatic heterocycles. The van der Waals surface area contributed by atoms with Crippen LogP contribution in [0.1, 0.15) is 24.1 Å². The smallest absolute Gasteiger partial charge is 0.225 e. The molecule has 0 bridgehead atoms. The van der Waals surface area contributed by atoms with E-state index in [4.69, 9.17) is 9.47 Å². The normalized spacial score (nSPS) is 20.8. The van der Waals surface area contributed by atoms with Gasteiger partial charge in [0.2, 0.25) is 5.95 Å². The predicted molar refractivity (Wildman–Crippen MR) is 147 cm³/mol. The van der Waals surface area contributed by atoms with E-state index >= 15 is 0 Å². The third-order valence-electron chi connectivity index (χ3n) is 6.88. The van der Waals surface area contributed by atoms with Crippen molar-refractivity contribution in [1.82, 2.24) is 15.0 Å². The Balaban J connectivity index is 1.55. The van der Waals surface area contributed by atoms with Crippen LogP contribution in [0, 0.1) is 5.92 Å². The molecule has 1 aliphatic rings. The Morgan fingerprint density at radius 2 is 1.85 bits per heavy atom. The van der Waals surface area contributed by atoms with Gasteiger partial charge in [-0.15, -0.1) is 11.3 Å². The van der Waals surface area contributed by atoms with Crippen molar-refractivity contribution in [3.05, 3.63) is 53.7 Å². The van der Waals surface area contributed by atoms with E-state index in [1.165, 1.54) is 11.3 Å². The van der Waals surface area contributed by atoms with Crippen molar-refractivity contribution in [3.63, 3.8) is 0 Å². The summed E-state index contributed by atoms with van der Waals surface area (Å²) in [5.41, 5.74) is 0.157. The average Bonchev–Trinajstić information content (AvgIpc) is 3.51. The Hall–Kier alpha value is -3.58. The lowest BCUT2D eigenvalue weighted by atomic mass is 10.0. The first kappa shape index (κ1) is 27.0. The molecule has 0 spiro atoms. The van der Waals surface area contributed by atoms with Crippen LogP contribution < -0.4 is 20.1 Å². The molecule has 0 amide bonds. The molecule has 0 radical (unpaired) electrons. The Morgan fingerprint density at radius 3 is 2.49 bits per heavy atom. The number of para-hydroxylation sites is 1. The van der Waals surface area contributed by atoms with Gasteiger partial charge in [-0.05, 0) is 42.7 Å². The molecule has 3 atom stereocenters. The van der Waals surface area contributed by atoms with Crippen molar-refractivity contribution >= 4 is 33.3 Å². The Morgan fingerprint density at radius 1 is 1.10 bits per heavy atom. The van der Waals surface area contributed by atoms with Gasteiger partial charge in [0.1, 0.15) is 35.1 Å². The number of nitrogens with one attached hydrogen (secondary N) is 2. The van der Waals surface area contributed by atoms with Crippen molar-refractivity contribution in [1.29, 1.82) is 0 Å². The highest BCUT2D eigenvalue weighted by molar-refractivity contribution is 7.21. The first-order valence-corrected chi connectivity index (χ1v) is 13.3. The molecule has 2 aromatic heterocycles. The standard InChI is InChI=1S/C27H30FN5O5S/c1-37-17-9-15(10-18(11-17)38-2)13-29-26-31-20(12-28)22(25-30-19-5-3-4-6-21(19)39-25)24(32-26)33-27(36)8-7-16(14-34)23(27)35/h3-6,9-11,16,23,34-36H,7-8,12-14H2,1-2H3,(H2,29,31,32,33). The maximum atomic E-state index is 14.5. The minimum absolute atomic E-state index is 0.0760. The fourth-order valence-corrected chi connectivity index (χ4v) is 5.79. The summed E-state index contributed by atoms with van der Waals surface area (Å²) in [7, 11) is 3.12. The molecule has 2 heterocycles. The number of aliphatic hydroxyl groups is 3. The van der Waals surface area contributed by atoms with Crippen LogP contribution in [0.25, 0.3) is 20.8 Å². The fourth-order valence-electron chi connectivity index (χ4n) is 4.76. The maximum absolute atomic E-state index is 14.5. The van der Waals surface area contributed by atoms with Crippen LogP contribution in [0.2, 0.25) is 0 Å². The molecule has 10 nitrogen and oxygen atoms in total. The molecular formula is C27H30FN5O5S. The molecule has 5 N–H and O–H groups in total. The molecular weight excluding hydrogens is 525 g/mol. The second kappa shape index (κ2) is 11.3. The Labute approximate surface area is 228 Å². The largest absolute Gasteiger partial charge is 0.497 e. The minimum Gasteiger partial charge on any atom is -0.497 e. The van der Waals surface area contributed by atoms with Crippen LogP contribution in [0.15, 0.2) is 42.5 Å². The summed E-state index contributed by atoms with van der Waals surface area (Å²) in [6.45, 7) is -0.907. The van der Waals surface area contributed by atoms with Gasteiger partial charge in [-0.25, -0.2) is 14.4 Å². The van der Waals surface area contributed by atoms with Crippen LogP contribution in [-0.2, 0) is 13.2 Å². The van der Waals surface area contributed by atoms with Crippen LogP contribution in [-0.4, -0.2) is 62.9 Å². The molecule has 1 saturated carbocycles. The second-order valence-electron chi connectivity index (χ2n) is 9.39. The van der Waals surface area contributed by atoms with Gasteiger partial charge in [-0.3, -0.25) is 0 Å². The lowest BCUT2D eigenvalue weighted by molar-refractivity contribution is -0.0545. The van der Waals surface area contributed by atoms with Crippen molar-refractivity contribution in [2.75, 3.05) is 31.5 Å². The third-order valence-corrected chi connectivity index (χ3v) is 7.94. The number of hydrogen-bond acceptors (Lipinski definition) is 11. The number of nitrogens with zero attached hydrogens (tertiary/aromatic N) is 3. The first-order chi connectivity index (χ1) is 18.9. The van der Waals surface area contributed by atoms with Gasteiger partial charge in [0, 0.05) is 25.1 Å². The van der Waals surface area contributed by atoms with Crippen molar-refractivity contribution in [2.45, 2.75) is 37.9 Å². The highest BCUT2D eigenvalue weighted by atomic mass is 32.1. The van der Waals surface area contributed by atoms with E-state index in [0.29, 0.717) is 28.5 Å². The Kier molecular flexibility index (Phi) is 7.80. The molecule has 39 heavy (non-hydrogen) atoms. The molecule has 3 unspecified atom stereocenters. The van der Waals surface area contributed by atoms with Crippen molar-refractivity contribution in [2.24, 2.45) is 5.92 Å². The zero-order valence-corrected chi connectivity index (χ0v) is 22.3. The number of rotatable bonds is 10. The van der Waals surface area contributed by atoms with Crippen LogP contribution in [0.4, 0.5) is 16.2 Å². The highest BCUT2D eigenvalue weighted by Crippen LogP contribution is 2.41. The summed E-state index contributed by atoms with van der Waals surface area (Å²) >= 11 is 1.35. The molecule has 5 rings (SSSR count). The lowest BCUT2D eigenvalue weighted by Crippen LogP contribution is -2.48. The number of aliphatic hydroxyl groups excluding tert-OH is 2. The lowest BCUT2D eigenvalue weighted by Gasteiger charge is -2.31. The molecule has 2 aromatic carbocycles. The van der Waals surface area contributed by atoms with Gasteiger partial charge in [0.25, 0.3) is 0 Å². The summed E-state index contributed by atoms with van der Waals surface area (Å²) in [6, 6.07) is 12.9. The fraction of sp³-hybridized carbons (Fsp3) is 0.370. The number of halogens is 1. The highest BCUT2D eigenvalue weighted by Gasteiger charge is 2.47. The number of methoxy groups -OCH3 is 2. The third kappa shape index (κ3) is 5.46. The number of thiazole rings is 1. The van der Waals surface area contributed by atoms with Gasteiger partial charge in [-0.2, -0.15) is 4.98 Å². The molecule has 206 valence electrons. The summed E-state index contributed by atoms with van der Waals surface area (Å²) < 4.78 is 26.1. The van der Waals surface area contributed by atoms with Gasteiger partial charge in [-0.1, -0.05) is 12.1 Å². The molecule has 0 saturated heterocycles. The van der Waals surface area contributed by atoms with E-state index in [9.17, 15) is 19.7 Å². The quantitative estimate of drug-likeness (QED) is 0.184. The number of anilines is 2. The first-order valence-electron chi connectivity index (χ1n) is 12.5. The topological polar surface area (TPSA) is 142 Å². The van der Waals surface area contributed by atoms with Gasteiger partial charge < -0.3 is 35.4 Å². The van der Waals surface area contributed by atoms with Crippen molar-refractivity contribution in [3.8, 4) is 22.1 Å². The van der Waals surface area contributed by atoms with Crippen LogP contribution in [0.5, 0.6) is 11.5 Å². The van der Waals surface area contributed by atoms with E-state index in [1.807, 2.05) is 36.4 Å². The van der Waals surface area contributed by atoms with E-state index in [-0.39, 0.29) is 37.0 Å². The zero-order chi connectivity index (χ0) is 27.6. The predicted octanol–water partition coefficient (Wildman–Crippen LogP) is 3.72. The number of benzene rings is 2. The number of aromatic nitrogens is 3. The van der Waals surface area contributed by atoms with Crippen LogP contribution >= 0.6 is 11.3 Å². The van der Waals surface area contributed by atoms with E-state index < -0.39 is 24.4 Å². The summed E-state index contributed by atoms with van der Waals surface area (Å²) in [6.07, 6.45) is -0.684. The molecule has 4 aromatic rings. The Bertz CT molecular complexity index is 1410. The summed E-state index contributed by atoms with van der Waals surface area (Å²) in [5, 5.41) is 38.2. The SMILES string of the molecule is COc1cc(CNc2nc(CF)c(-c3nc4ccccc4s3)c(NC3(O)CCC(CO)C3O)n2)cc(OC)c1. The second-order valence-corrected chi connectivity index (χ2v) is 10.4. The minimum atomic E-state index is -1.78. The van der Waals surface area contributed by atoms with Gasteiger partial charge in [0.15, 0.2) is 5.72 Å². The zero-order valence-electron chi connectivity index (χ0n) is 21.5. The maximum Gasteiger partial charge on any atom is 0.225 e. The summed E-state index contributed by atoms with van der Waals surface area (Å²) in [4.78, 5) is 13.7. The number of fused-ring (bicyclic) bond motifs is 1. The van der Waals surface area contributed by atoms with Gasteiger partial charge >= 0.3 is 0 Å². The number of alkyl halides is 1. The van der Waals surface area contributed by atoms with E-state index in [0.717, 1.165) is 15.8 Å². The monoisotopic (exact) mass is 555 g/mol. The molecule has 1 fully saturated rings. The molecule has 1 aliphatic carbocycles. The van der Waals surface area contributed by atoms with E-state index in [1.54, 1.807) is 20.3 Å². The number of ether oxygens (including phenoxy) is 2. The number of hydrogen-bond donors (Lipinski definition) is 5. The average molecular weight is 556 g/mol. The van der Waals surface area contributed by atoms with Gasteiger partial charge in [0.05, 0.1) is 35.7 Å². The van der Waals surface area contributed by atoms with Crippen LogP contribution in [0.3, 0.4) is 0 Å². The summed E-state index contributed by atoms with van der Waals surface area (Å²) in [5.74, 6) is 0.965.